The predicted octanol–water partition coefficient (Wildman–Crippen LogP) is 4.52. The van der Waals surface area contributed by atoms with Gasteiger partial charge in [0, 0.05) is 18.1 Å². The zero-order valence-electron chi connectivity index (χ0n) is 21.0. The molecule has 1 amide bonds. The number of carbonyl (C=O) groups is 1. The number of fused-ring (bicyclic) bond motifs is 3. The van der Waals surface area contributed by atoms with Crippen LogP contribution in [0.15, 0.2) is 70.3 Å². The molecule has 2 aromatic heterocycles. The maximum atomic E-state index is 14.0. The van der Waals surface area contributed by atoms with Crippen LogP contribution < -0.4 is 16.6 Å². The Kier molecular flexibility index (Phi) is 5.63. The van der Waals surface area contributed by atoms with Gasteiger partial charge in [-0.15, -0.1) is 0 Å². The third-order valence-electron chi connectivity index (χ3n) is 6.83. The number of anilines is 1. The van der Waals surface area contributed by atoms with Crippen molar-refractivity contribution in [3.05, 3.63) is 104 Å². The molecule has 0 bridgehead atoms. The van der Waals surface area contributed by atoms with Gasteiger partial charge in [-0.05, 0) is 62.6 Å². The molecule has 5 rings (SSSR count). The van der Waals surface area contributed by atoms with Gasteiger partial charge in [0.1, 0.15) is 12.1 Å². The second-order valence-electron chi connectivity index (χ2n) is 9.39. The Bertz CT molecular complexity index is 1780. The molecule has 182 valence electrons. The van der Waals surface area contributed by atoms with Crippen molar-refractivity contribution >= 4 is 33.5 Å². The van der Waals surface area contributed by atoms with Gasteiger partial charge in [0.15, 0.2) is 0 Å². The van der Waals surface area contributed by atoms with Gasteiger partial charge >= 0.3 is 5.69 Å². The minimum Gasteiger partial charge on any atom is -0.338 e. The van der Waals surface area contributed by atoms with E-state index in [4.69, 9.17) is 0 Å². The normalized spacial score (nSPS) is 11.4. The molecule has 3 aromatic carbocycles. The van der Waals surface area contributed by atoms with Crippen molar-refractivity contribution in [3.8, 4) is 5.69 Å². The largest absolute Gasteiger partial charge is 0.338 e. The number of amides is 1. The van der Waals surface area contributed by atoms with Crippen LogP contribution in [-0.4, -0.2) is 19.6 Å². The van der Waals surface area contributed by atoms with Gasteiger partial charge in [-0.25, -0.2) is 9.36 Å². The summed E-state index contributed by atoms with van der Waals surface area (Å²) in [4.78, 5) is 41.1. The molecule has 0 radical (unpaired) electrons. The van der Waals surface area contributed by atoms with E-state index in [2.05, 4.69) is 5.32 Å². The van der Waals surface area contributed by atoms with Crippen LogP contribution in [0, 0.1) is 27.7 Å². The number of benzene rings is 3. The van der Waals surface area contributed by atoms with Gasteiger partial charge in [-0.2, -0.15) is 0 Å². The van der Waals surface area contributed by atoms with Crippen LogP contribution >= 0.6 is 0 Å². The summed E-state index contributed by atoms with van der Waals surface area (Å²) in [7, 11) is 1.81. The first-order valence-corrected chi connectivity index (χ1v) is 11.9. The van der Waals surface area contributed by atoms with E-state index in [0.717, 1.165) is 38.8 Å². The number of nitrogens with zero attached hydrogens (tertiary/aromatic N) is 3. The van der Waals surface area contributed by atoms with E-state index in [1.165, 1.54) is 9.13 Å². The highest BCUT2D eigenvalue weighted by Gasteiger charge is 2.23. The molecule has 0 spiro atoms. The third-order valence-corrected chi connectivity index (χ3v) is 6.83. The molecule has 0 saturated heterocycles. The zero-order valence-corrected chi connectivity index (χ0v) is 21.0. The molecular weight excluding hydrogens is 452 g/mol. The number of aryl methyl sites for hydroxylation is 5. The third kappa shape index (κ3) is 3.64. The molecule has 5 aromatic rings. The molecule has 0 unspecified atom stereocenters. The highest BCUT2D eigenvalue weighted by Crippen LogP contribution is 2.27. The van der Waals surface area contributed by atoms with Crippen molar-refractivity contribution in [2.45, 2.75) is 34.2 Å². The van der Waals surface area contributed by atoms with E-state index in [1.54, 1.807) is 16.7 Å². The Hall–Kier alpha value is -4.39. The van der Waals surface area contributed by atoms with E-state index in [-0.39, 0.29) is 12.5 Å². The maximum absolute atomic E-state index is 14.0. The van der Waals surface area contributed by atoms with Crippen molar-refractivity contribution < 1.29 is 4.79 Å². The first kappa shape index (κ1) is 23.4. The van der Waals surface area contributed by atoms with Crippen molar-refractivity contribution in [1.29, 1.82) is 0 Å². The summed E-state index contributed by atoms with van der Waals surface area (Å²) in [5.41, 5.74) is 5.59. The SMILES string of the molecule is Cc1ccc2c(c1)c1c(c(=O)n(-c3ccccc3C)c(=O)n1CC(=O)Nc1c(C)cccc1C)n2C. The zero-order chi connectivity index (χ0) is 25.7. The first-order chi connectivity index (χ1) is 17.2. The van der Waals surface area contributed by atoms with Crippen molar-refractivity contribution in [2.75, 3.05) is 5.32 Å². The van der Waals surface area contributed by atoms with Crippen molar-refractivity contribution in [2.24, 2.45) is 7.05 Å². The number of para-hydroxylation sites is 2. The predicted molar refractivity (Wildman–Crippen MR) is 144 cm³/mol. The number of nitrogens with one attached hydrogen (secondary N) is 1. The number of carbonyl (C=O) groups excluding carboxylic acids is 1. The fourth-order valence-electron chi connectivity index (χ4n) is 4.97. The Morgan fingerprint density at radius 2 is 1.50 bits per heavy atom. The van der Waals surface area contributed by atoms with Crippen molar-refractivity contribution in [3.63, 3.8) is 0 Å². The lowest BCUT2D eigenvalue weighted by molar-refractivity contribution is -0.116. The lowest BCUT2D eigenvalue weighted by atomic mass is 10.1. The van der Waals surface area contributed by atoms with Gasteiger partial charge in [-0.3, -0.25) is 14.2 Å². The Morgan fingerprint density at radius 1 is 0.833 bits per heavy atom. The van der Waals surface area contributed by atoms with Gasteiger partial charge in [0.05, 0.1) is 16.7 Å². The van der Waals surface area contributed by atoms with E-state index >= 15 is 0 Å². The number of hydrogen-bond acceptors (Lipinski definition) is 3. The lowest BCUT2D eigenvalue weighted by Gasteiger charge is -2.16. The van der Waals surface area contributed by atoms with Crippen LogP contribution in [0.3, 0.4) is 0 Å². The summed E-state index contributed by atoms with van der Waals surface area (Å²) in [5.74, 6) is -0.338. The summed E-state index contributed by atoms with van der Waals surface area (Å²) in [5, 5.41) is 3.74. The summed E-state index contributed by atoms with van der Waals surface area (Å²) >= 11 is 0. The van der Waals surface area contributed by atoms with Gasteiger partial charge in [0.25, 0.3) is 5.56 Å². The van der Waals surface area contributed by atoms with Crippen LogP contribution in [0.4, 0.5) is 5.69 Å². The topological polar surface area (TPSA) is 78.0 Å². The Balaban J connectivity index is 1.81. The molecule has 1 N–H and O–H groups in total. The molecule has 0 fully saturated rings. The standard InChI is InChI=1S/C29H28N4O3/c1-17-13-14-23-21(15-17)26-27(31(23)5)28(35)33(22-12-7-6-9-18(22)2)29(36)32(26)16-24(34)30-25-19(3)10-8-11-20(25)4/h6-15H,16H2,1-5H3,(H,30,34). The van der Waals surface area contributed by atoms with Crippen LogP contribution in [0.1, 0.15) is 22.3 Å². The summed E-state index contributed by atoms with van der Waals surface area (Å²) in [6, 6.07) is 18.9. The highest BCUT2D eigenvalue weighted by atomic mass is 16.2. The number of hydrogen-bond donors (Lipinski definition) is 1. The molecule has 2 heterocycles. The highest BCUT2D eigenvalue weighted by molar-refractivity contribution is 6.06. The molecule has 0 aliphatic rings. The van der Waals surface area contributed by atoms with Gasteiger partial charge in [-0.1, -0.05) is 48.0 Å². The Morgan fingerprint density at radius 3 is 2.19 bits per heavy atom. The average Bonchev–Trinajstić information content (AvgIpc) is 3.12. The molecule has 0 aliphatic heterocycles. The smallest absolute Gasteiger partial charge is 0.336 e. The molecule has 7 nitrogen and oxygen atoms in total. The molecular formula is C29H28N4O3. The summed E-state index contributed by atoms with van der Waals surface area (Å²) in [6.45, 7) is 7.44. The minimum absolute atomic E-state index is 0.234. The molecule has 0 aliphatic carbocycles. The molecule has 0 atom stereocenters. The monoisotopic (exact) mass is 480 g/mol. The fraction of sp³-hybridized carbons (Fsp3) is 0.207. The van der Waals surface area contributed by atoms with Crippen molar-refractivity contribution in [1.82, 2.24) is 13.7 Å². The Labute approximate surface area is 208 Å². The second-order valence-corrected chi connectivity index (χ2v) is 9.39. The summed E-state index contributed by atoms with van der Waals surface area (Å²) in [6.07, 6.45) is 0. The number of rotatable bonds is 4. The molecule has 0 saturated carbocycles. The van der Waals surface area contributed by atoms with Gasteiger partial charge < -0.3 is 9.88 Å². The van der Waals surface area contributed by atoms with E-state index < -0.39 is 11.2 Å². The van der Waals surface area contributed by atoms with Crippen LogP contribution in [0.25, 0.3) is 27.6 Å². The molecule has 36 heavy (non-hydrogen) atoms. The van der Waals surface area contributed by atoms with E-state index in [1.807, 2.05) is 83.3 Å². The first-order valence-electron chi connectivity index (χ1n) is 11.9. The fourth-order valence-corrected chi connectivity index (χ4v) is 4.97. The number of aromatic nitrogens is 3. The lowest BCUT2D eigenvalue weighted by Crippen LogP contribution is -2.41. The average molecular weight is 481 g/mol. The minimum atomic E-state index is -0.549. The molecule has 7 heteroatoms. The van der Waals surface area contributed by atoms with Crippen LogP contribution in [-0.2, 0) is 18.4 Å². The van der Waals surface area contributed by atoms with Crippen LogP contribution in [0.2, 0.25) is 0 Å². The van der Waals surface area contributed by atoms with E-state index in [0.29, 0.717) is 16.7 Å². The van der Waals surface area contributed by atoms with Crippen LogP contribution in [0.5, 0.6) is 0 Å². The van der Waals surface area contributed by atoms with E-state index in [9.17, 15) is 14.4 Å². The maximum Gasteiger partial charge on any atom is 0.336 e. The second kappa shape index (κ2) is 8.68. The van der Waals surface area contributed by atoms with Gasteiger partial charge in [0.2, 0.25) is 5.91 Å². The summed E-state index contributed by atoms with van der Waals surface area (Å²) < 4.78 is 4.41. The quantitative estimate of drug-likeness (QED) is 0.411.